The molecule has 0 radical (unpaired) electrons. The highest BCUT2D eigenvalue weighted by Gasteiger charge is 2.27. The van der Waals surface area contributed by atoms with Crippen molar-refractivity contribution in [2.75, 3.05) is 6.61 Å². The number of ether oxygens (including phenoxy) is 2. The van der Waals surface area contributed by atoms with Gasteiger partial charge in [0.2, 0.25) is 0 Å². The number of aliphatic hydroxyl groups excluding tert-OH is 1. The smallest absolute Gasteiger partial charge is 0.161 e. The molecule has 0 aromatic heterocycles. The summed E-state index contributed by atoms with van der Waals surface area (Å²) >= 11 is 5.74. The van der Waals surface area contributed by atoms with Crippen molar-refractivity contribution in [3.63, 3.8) is 0 Å². The number of hydrogen-bond acceptors (Lipinski definition) is 3. The third-order valence-electron chi connectivity index (χ3n) is 3.39. The van der Waals surface area contributed by atoms with Crippen LogP contribution in [0, 0.1) is 5.82 Å². The van der Waals surface area contributed by atoms with Gasteiger partial charge in [0.05, 0.1) is 11.1 Å². The first-order chi connectivity index (χ1) is 10.1. The van der Waals surface area contributed by atoms with Crippen LogP contribution in [0.2, 0.25) is 5.02 Å². The average molecular weight is 309 g/mol. The molecule has 1 aliphatic heterocycles. The standard InChI is InChI=1S/C16H14ClFO3/c17-11-7-10(5-6-12(11)18)8-13(19)16-9-20-14-3-1-2-4-15(14)21-16/h1-7,13,16,19H,8-9H2. The van der Waals surface area contributed by atoms with Gasteiger partial charge >= 0.3 is 0 Å². The Hall–Kier alpha value is -1.78. The lowest BCUT2D eigenvalue weighted by atomic mass is 10.0. The summed E-state index contributed by atoms with van der Waals surface area (Å²) in [5.74, 6) is 0.816. The van der Waals surface area contributed by atoms with E-state index in [0.717, 1.165) is 5.56 Å². The number of para-hydroxylation sites is 2. The number of halogens is 2. The van der Waals surface area contributed by atoms with E-state index in [2.05, 4.69) is 0 Å². The lowest BCUT2D eigenvalue weighted by Gasteiger charge is -2.29. The second-order valence-electron chi connectivity index (χ2n) is 4.93. The minimum absolute atomic E-state index is 0.0471. The van der Waals surface area contributed by atoms with Crippen molar-refractivity contribution in [3.05, 3.63) is 58.9 Å². The zero-order chi connectivity index (χ0) is 14.8. The molecule has 1 N–H and O–H groups in total. The predicted molar refractivity (Wildman–Crippen MR) is 77.5 cm³/mol. The fourth-order valence-corrected chi connectivity index (χ4v) is 2.47. The van der Waals surface area contributed by atoms with Crippen molar-refractivity contribution < 1.29 is 19.0 Å². The van der Waals surface area contributed by atoms with Crippen LogP contribution in [-0.2, 0) is 6.42 Å². The number of benzene rings is 2. The maximum atomic E-state index is 13.1. The SMILES string of the molecule is OC(Cc1ccc(F)c(Cl)c1)C1COc2ccccc2O1. The van der Waals surface area contributed by atoms with Crippen LogP contribution in [0.3, 0.4) is 0 Å². The quantitative estimate of drug-likeness (QED) is 0.946. The van der Waals surface area contributed by atoms with Crippen LogP contribution in [0.5, 0.6) is 11.5 Å². The molecule has 2 atom stereocenters. The zero-order valence-corrected chi connectivity index (χ0v) is 11.9. The van der Waals surface area contributed by atoms with E-state index >= 15 is 0 Å². The fourth-order valence-electron chi connectivity index (χ4n) is 2.26. The summed E-state index contributed by atoms with van der Waals surface area (Å²) in [7, 11) is 0. The van der Waals surface area contributed by atoms with E-state index in [9.17, 15) is 9.50 Å². The molecule has 3 rings (SSSR count). The Labute approximate surface area is 126 Å². The second kappa shape index (κ2) is 5.92. The van der Waals surface area contributed by atoms with Crippen molar-refractivity contribution in [3.8, 4) is 11.5 Å². The molecular formula is C16H14ClFO3. The van der Waals surface area contributed by atoms with Crippen LogP contribution in [0.4, 0.5) is 4.39 Å². The molecule has 1 heterocycles. The largest absolute Gasteiger partial charge is 0.486 e. The first-order valence-corrected chi connectivity index (χ1v) is 7.02. The fraction of sp³-hybridized carbons (Fsp3) is 0.250. The molecular weight excluding hydrogens is 295 g/mol. The molecule has 0 spiro atoms. The van der Waals surface area contributed by atoms with Gasteiger partial charge in [-0.1, -0.05) is 29.8 Å². The highest BCUT2D eigenvalue weighted by Crippen LogP contribution is 2.32. The Morgan fingerprint density at radius 3 is 2.76 bits per heavy atom. The minimum atomic E-state index is -0.764. The maximum Gasteiger partial charge on any atom is 0.161 e. The summed E-state index contributed by atoms with van der Waals surface area (Å²) in [6, 6.07) is 11.7. The summed E-state index contributed by atoms with van der Waals surface area (Å²) < 4.78 is 24.4. The maximum absolute atomic E-state index is 13.1. The molecule has 1 aliphatic rings. The van der Waals surface area contributed by atoms with Gasteiger partial charge < -0.3 is 14.6 Å². The van der Waals surface area contributed by atoms with Gasteiger partial charge in [0, 0.05) is 6.42 Å². The molecule has 0 fully saturated rings. The number of fused-ring (bicyclic) bond motifs is 1. The molecule has 3 nitrogen and oxygen atoms in total. The van der Waals surface area contributed by atoms with Crippen LogP contribution < -0.4 is 9.47 Å². The molecule has 0 saturated carbocycles. The van der Waals surface area contributed by atoms with Crippen molar-refractivity contribution >= 4 is 11.6 Å². The van der Waals surface area contributed by atoms with Crippen LogP contribution in [-0.4, -0.2) is 23.9 Å². The van der Waals surface area contributed by atoms with E-state index in [4.69, 9.17) is 21.1 Å². The zero-order valence-electron chi connectivity index (χ0n) is 11.1. The van der Waals surface area contributed by atoms with Gasteiger partial charge in [0.25, 0.3) is 0 Å². The topological polar surface area (TPSA) is 38.7 Å². The third-order valence-corrected chi connectivity index (χ3v) is 3.68. The van der Waals surface area contributed by atoms with Gasteiger partial charge in [-0.15, -0.1) is 0 Å². The molecule has 5 heteroatoms. The summed E-state index contributed by atoms with van der Waals surface area (Å²) in [5.41, 5.74) is 0.747. The number of hydrogen-bond donors (Lipinski definition) is 1. The molecule has 0 aliphatic carbocycles. The van der Waals surface area contributed by atoms with Crippen molar-refractivity contribution in [2.45, 2.75) is 18.6 Å². The lowest BCUT2D eigenvalue weighted by Crippen LogP contribution is -2.40. The Morgan fingerprint density at radius 2 is 2.00 bits per heavy atom. The van der Waals surface area contributed by atoms with E-state index in [1.165, 1.54) is 12.1 Å². The lowest BCUT2D eigenvalue weighted by molar-refractivity contribution is -0.00941. The molecule has 0 amide bonds. The molecule has 2 unspecified atom stereocenters. The third kappa shape index (κ3) is 3.12. The normalized spacial score (nSPS) is 18.3. The van der Waals surface area contributed by atoms with Crippen LogP contribution in [0.1, 0.15) is 5.56 Å². The summed E-state index contributed by atoms with van der Waals surface area (Å²) in [6.07, 6.45) is -0.917. The van der Waals surface area contributed by atoms with Crippen LogP contribution in [0.15, 0.2) is 42.5 Å². The van der Waals surface area contributed by atoms with Gasteiger partial charge in [-0.25, -0.2) is 4.39 Å². The Bertz CT molecular complexity index is 647. The van der Waals surface area contributed by atoms with Crippen molar-refractivity contribution in [2.24, 2.45) is 0 Å². The van der Waals surface area contributed by atoms with Gasteiger partial charge in [0.1, 0.15) is 12.4 Å². The van der Waals surface area contributed by atoms with Crippen LogP contribution in [0.25, 0.3) is 0 Å². The average Bonchev–Trinajstić information content (AvgIpc) is 2.50. The molecule has 2 aromatic carbocycles. The van der Waals surface area contributed by atoms with Crippen molar-refractivity contribution in [1.29, 1.82) is 0 Å². The summed E-state index contributed by atoms with van der Waals surface area (Å²) in [6.45, 7) is 0.271. The van der Waals surface area contributed by atoms with E-state index in [-0.39, 0.29) is 11.6 Å². The predicted octanol–water partition coefficient (Wildman–Crippen LogP) is 3.22. The van der Waals surface area contributed by atoms with Gasteiger partial charge in [0.15, 0.2) is 17.6 Å². The van der Waals surface area contributed by atoms with Gasteiger partial charge in [-0.3, -0.25) is 0 Å². The highest BCUT2D eigenvalue weighted by molar-refractivity contribution is 6.30. The molecule has 0 bridgehead atoms. The first kappa shape index (κ1) is 14.2. The van der Waals surface area contributed by atoms with E-state index in [0.29, 0.717) is 17.9 Å². The van der Waals surface area contributed by atoms with Crippen molar-refractivity contribution in [1.82, 2.24) is 0 Å². The molecule has 2 aromatic rings. The second-order valence-corrected chi connectivity index (χ2v) is 5.34. The molecule has 0 saturated heterocycles. The molecule has 110 valence electrons. The van der Waals surface area contributed by atoms with Gasteiger partial charge in [-0.2, -0.15) is 0 Å². The van der Waals surface area contributed by atoms with Crippen LogP contribution >= 0.6 is 11.6 Å². The Balaban J connectivity index is 1.69. The highest BCUT2D eigenvalue weighted by atomic mass is 35.5. The minimum Gasteiger partial charge on any atom is -0.486 e. The van der Waals surface area contributed by atoms with E-state index in [1.54, 1.807) is 12.1 Å². The monoisotopic (exact) mass is 308 g/mol. The Morgan fingerprint density at radius 1 is 1.24 bits per heavy atom. The van der Waals surface area contributed by atoms with E-state index < -0.39 is 18.0 Å². The summed E-state index contributed by atoms with van der Waals surface area (Å²) in [4.78, 5) is 0. The van der Waals surface area contributed by atoms with Gasteiger partial charge in [-0.05, 0) is 29.8 Å². The molecule has 21 heavy (non-hydrogen) atoms. The first-order valence-electron chi connectivity index (χ1n) is 6.64. The van der Waals surface area contributed by atoms with E-state index in [1.807, 2.05) is 18.2 Å². The summed E-state index contributed by atoms with van der Waals surface area (Å²) in [5, 5.41) is 10.3. The number of rotatable bonds is 3. The Kier molecular flexibility index (Phi) is 3.99. The number of aliphatic hydroxyl groups is 1.